The van der Waals surface area contributed by atoms with Gasteiger partial charge in [-0.05, 0) is 38.5 Å². The quantitative estimate of drug-likeness (QED) is 0.612. The van der Waals surface area contributed by atoms with Crippen molar-refractivity contribution in [2.24, 2.45) is 5.92 Å². The second-order valence-electron chi connectivity index (χ2n) is 7.83. The van der Waals surface area contributed by atoms with E-state index in [9.17, 15) is 4.21 Å². The first kappa shape index (κ1) is 20.1. The fourth-order valence-electron chi connectivity index (χ4n) is 1.97. The highest BCUT2D eigenvalue weighted by atomic mass is 32.2. The Bertz CT molecular complexity index is 581. The molecule has 0 radical (unpaired) electrons. The highest BCUT2D eigenvalue weighted by molar-refractivity contribution is 7.84. The van der Waals surface area contributed by atoms with E-state index in [0.717, 1.165) is 0 Å². The Morgan fingerprint density at radius 2 is 1.74 bits per heavy atom. The van der Waals surface area contributed by atoms with Crippen molar-refractivity contribution in [3.63, 3.8) is 0 Å². The molecule has 4 heteroatoms. The number of nitrogens with one attached hydrogen (secondary N) is 1. The summed E-state index contributed by atoms with van der Waals surface area (Å²) in [5.74, 6) is 0.365. The zero-order valence-corrected chi connectivity index (χ0v) is 17.3. The van der Waals surface area contributed by atoms with E-state index in [2.05, 4.69) is 67.4 Å². The molecule has 0 saturated heterocycles. The standard InChI is InChI=1S/C19H31NOSSi/c1-16(2)18(20-22(21)19(3,4)5)14-11-15-23(6,7)17-12-9-8-10-13-17/h8-10,12-16,18,20H,1-7H3/t11?,18-,22?/m0/s1. The lowest BCUT2D eigenvalue weighted by molar-refractivity contribution is 0.525. The molecular formula is C19H31NOSSi. The Labute approximate surface area is 145 Å². The molecule has 0 heterocycles. The van der Waals surface area contributed by atoms with Crippen LogP contribution in [0, 0.1) is 5.92 Å². The summed E-state index contributed by atoms with van der Waals surface area (Å²) in [5.41, 5.74) is 5.60. The lowest BCUT2D eigenvalue weighted by Crippen LogP contribution is -2.41. The molecule has 0 aliphatic rings. The Morgan fingerprint density at radius 1 is 1.17 bits per heavy atom. The van der Waals surface area contributed by atoms with Crippen molar-refractivity contribution in [3.8, 4) is 0 Å². The summed E-state index contributed by atoms with van der Waals surface area (Å²) in [7, 11) is -2.70. The molecule has 1 unspecified atom stereocenters. The number of hydrogen-bond donors (Lipinski definition) is 1. The first-order valence-electron chi connectivity index (χ1n) is 8.21. The van der Waals surface area contributed by atoms with Crippen molar-refractivity contribution in [3.05, 3.63) is 47.8 Å². The molecule has 0 aliphatic heterocycles. The monoisotopic (exact) mass is 349 g/mol. The van der Waals surface area contributed by atoms with Crippen LogP contribution in [0.4, 0.5) is 0 Å². The molecule has 23 heavy (non-hydrogen) atoms. The first-order valence-corrected chi connectivity index (χ1v) is 12.4. The average Bonchev–Trinajstić information content (AvgIpc) is 2.45. The van der Waals surface area contributed by atoms with Crippen LogP contribution in [0.1, 0.15) is 34.6 Å². The summed E-state index contributed by atoms with van der Waals surface area (Å²) in [5, 5.41) is 1.40. The van der Waals surface area contributed by atoms with Crippen molar-refractivity contribution >= 4 is 24.2 Å². The van der Waals surface area contributed by atoms with Gasteiger partial charge < -0.3 is 0 Å². The van der Waals surface area contributed by atoms with Crippen molar-refractivity contribution in [2.45, 2.75) is 58.5 Å². The van der Waals surface area contributed by atoms with Crippen LogP contribution in [0.25, 0.3) is 0 Å². The van der Waals surface area contributed by atoms with Crippen LogP contribution in [-0.4, -0.2) is 23.1 Å². The number of rotatable bonds is 6. The van der Waals surface area contributed by atoms with Gasteiger partial charge in [-0.2, -0.15) is 0 Å². The van der Waals surface area contributed by atoms with Crippen molar-refractivity contribution in [1.82, 2.24) is 4.72 Å². The van der Waals surface area contributed by atoms with E-state index < -0.39 is 19.1 Å². The molecule has 1 aromatic rings. The molecule has 0 amide bonds. The summed E-state index contributed by atoms with van der Waals surface area (Å²) in [6, 6.07) is 10.7. The predicted molar refractivity (Wildman–Crippen MR) is 106 cm³/mol. The van der Waals surface area contributed by atoms with Gasteiger partial charge in [0, 0.05) is 6.04 Å². The van der Waals surface area contributed by atoms with Gasteiger partial charge in [0.1, 0.15) is 8.07 Å². The van der Waals surface area contributed by atoms with E-state index >= 15 is 0 Å². The van der Waals surface area contributed by atoms with Gasteiger partial charge in [0.05, 0.1) is 15.7 Å². The molecular weight excluding hydrogens is 318 g/mol. The lowest BCUT2D eigenvalue weighted by Gasteiger charge is -2.24. The minimum atomic E-state index is -1.63. The van der Waals surface area contributed by atoms with Crippen LogP contribution in [-0.2, 0) is 11.0 Å². The molecule has 1 aromatic carbocycles. The summed E-state index contributed by atoms with van der Waals surface area (Å²) in [6.07, 6.45) is 2.03. The summed E-state index contributed by atoms with van der Waals surface area (Å²) in [4.78, 5) is 0. The Kier molecular flexibility index (Phi) is 7.21. The van der Waals surface area contributed by atoms with Crippen LogP contribution in [0.2, 0.25) is 13.1 Å². The van der Waals surface area contributed by atoms with Gasteiger partial charge in [0.25, 0.3) is 0 Å². The lowest BCUT2D eigenvalue weighted by atomic mass is 10.1. The van der Waals surface area contributed by atoms with E-state index in [1.165, 1.54) is 5.19 Å². The maximum absolute atomic E-state index is 12.3. The Balaban J connectivity index is 2.91. The molecule has 0 bridgehead atoms. The second kappa shape index (κ2) is 8.25. The normalized spacial score (nSPS) is 15.0. The molecule has 0 saturated carbocycles. The largest absolute Gasteiger partial charge is 0.242 e. The van der Waals surface area contributed by atoms with Gasteiger partial charge in [-0.25, -0.2) is 8.93 Å². The molecule has 128 valence electrons. The summed E-state index contributed by atoms with van der Waals surface area (Å²) >= 11 is 0. The third kappa shape index (κ3) is 6.60. The van der Waals surface area contributed by atoms with Crippen molar-refractivity contribution in [2.75, 3.05) is 0 Å². The maximum Gasteiger partial charge on any atom is 0.112 e. The predicted octanol–water partition coefficient (Wildman–Crippen LogP) is 3.93. The molecule has 2 nitrogen and oxygen atoms in total. The highest BCUT2D eigenvalue weighted by Gasteiger charge is 2.23. The van der Waals surface area contributed by atoms with Crippen molar-refractivity contribution in [1.29, 1.82) is 0 Å². The molecule has 0 fully saturated rings. The molecule has 1 N–H and O–H groups in total. The van der Waals surface area contributed by atoms with Crippen LogP contribution < -0.4 is 9.91 Å². The second-order valence-corrected chi connectivity index (χ2v) is 14.1. The first-order chi connectivity index (χ1) is 10.5. The average molecular weight is 350 g/mol. The van der Waals surface area contributed by atoms with Gasteiger partial charge in [-0.15, -0.1) is 5.73 Å². The fraction of sp³-hybridized carbons (Fsp3) is 0.526. The zero-order chi connectivity index (χ0) is 17.7. The highest BCUT2D eigenvalue weighted by Crippen LogP contribution is 2.13. The minimum absolute atomic E-state index is 0.0619. The van der Waals surface area contributed by atoms with E-state index in [1.807, 2.05) is 32.9 Å². The van der Waals surface area contributed by atoms with Crippen LogP contribution in [0.5, 0.6) is 0 Å². The summed E-state index contributed by atoms with van der Waals surface area (Å²) < 4.78 is 15.3. The van der Waals surface area contributed by atoms with Crippen LogP contribution in [0.3, 0.4) is 0 Å². The third-order valence-corrected chi connectivity index (χ3v) is 8.06. The molecule has 0 spiro atoms. The smallest absolute Gasteiger partial charge is 0.112 e. The minimum Gasteiger partial charge on any atom is -0.242 e. The van der Waals surface area contributed by atoms with Gasteiger partial charge in [0.15, 0.2) is 0 Å². The van der Waals surface area contributed by atoms with Gasteiger partial charge in [-0.1, -0.05) is 62.5 Å². The van der Waals surface area contributed by atoms with Crippen molar-refractivity contribution < 1.29 is 4.21 Å². The number of benzene rings is 1. The Hall–Kier alpha value is -0.933. The van der Waals surface area contributed by atoms with E-state index in [4.69, 9.17) is 0 Å². The molecule has 1 rings (SSSR count). The van der Waals surface area contributed by atoms with Crippen LogP contribution >= 0.6 is 0 Å². The van der Waals surface area contributed by atoms with E-state index in [0.29, 0.717) is 5.92 Å². The van der Waals surface area contributed by atoms with E-state index in [1.54, 1.807) is 0 Å². The summed E-state index contributed by atoms with van der Waals surface area (Å²) in [6.45, 7) is 14.9. The number of hydrogen-bond acceptors (Lipinski definition) is 1. The molecule has 0 aliphatic carbocycles. The van der Waals surface area contributed by atoms with Gasteiger partial charge in [-0.3, -0.25) is 0 Å². The topological polar surface area (TPSA) is 29.1 Å². The SMILES string of the molecule is CC(C)[C@H](C=C=C[Si](C)(C)c1ccccc1)NS(=O)C(C)(C)C. The molecule has 0 aromatic heterocycles. The maximum atomic E-state index is 12.3. The zero-order valence-electron chi connectivity index (χ0n) is 15.5. The Morgan fingerprint density at radius 3 is 2.22 bits per heavy atom. The van der Waals surface area contributed by atoms with Crippen LogP contribution in [0.15, 0.2) is 47.8 Å². The molecule has 2 atom stereocenters. The fourth-order valence-corrected chi connectivity index (χ4v) is 4.65. The van der Waals surface area contributed by atoms with Gasteiger partial charge >= 0.3 is 0 Å². The van der Waals surface area contributed by atoms with E-state index in [-0.39, 0.29) is 10.8 Å². The third-order valence-electron chi connectivity index (χ3n) is 3.76. The van der Waals surface area contributed by atoms with Gasteiger partial charge in [0.2, 0.25) is 0 Å².